The highest BCUT2D eigenvalue weighted by Gasteiger charge is 2.15. The number of nitro benzene ring substituents is 1. The minimum absolute atomic E-state index is 0. The van der Waals surface area contributed by atoms with Crippen molar-refractivity contribution < 1.29 is 14.4 Å². The summed E-state index contributed by atoms with van der Waals surface area (Å²) in [4.78, 5) is 13.0. The molecule has 1 aromatic carbocycles. The lowest BCUT2D eigenvalue weighted by atomic mass is 10.1. The number of nitro groups is 1. The topological polar surface area (TPSA) is 82.7 Å². The van der Waals surface area contributed by atoms with Crippen LogP contribution in [0, 0.1) is 10.1 Å². The maximum atomic E-state index is 10.9. The molecular weight excluding hydrogens is 360 g/mol. The molecule has 0 N–H and O–H groups in total. The van der Waals surface area contributed by atoms with Crippen LogP contribution in [0.1, 0.15) is 19.3 Å². The van der Waals surface area contributed by atoms with E-state index in [2.05, 4.69) is 10.00 Å². The molecule has 0 radical (unpaired) electrons. The molecule has 1 aliphatic rings. The fraction of sp³-hybridized carbons (Fsp3) is 0.588. The van der Waals surface area contributed by atoms with E-state index >= 15 is 0 Å². The van der Waals surface area contributed by atoms with Gasteiger partial charge in [0.1, 0.15) is 0 Å². The van der Waals surface area contributed by atoms with Crippen LogP contribution in [-0.2, 0) is 11.3 Å². The van der Waals surface area contributed by atoms with E-state index in [1.807, 2.05) is 0 Å². The van der Waals surface area contributed by atoms with Crippen LogP contribution in [0.25, 0.3) is 10.9 Å². The molecule has 0 atom stereocenters. The van der Waals surface area contributed by atoms with Gasteiger partial charge in [-0.2, -0.15) is 0 Å². The molecule has 26 heavy (non-hydrogen) atoms. The van der Waals surface area contributed by atoms with Gasteiger partial charge in [0.2, 0.25) is 5.88 Å². The second-order valence-corrected chi connectivity index (χ2v) is 6.21. The molecule has 144 valence electrons. The first-order valence-corrected chi connectivity index (χ1v) is 8.68. The molecule has 0 saturated carbocycles. The normalized spacial score (nSPS) is 15.0. The first kappa shape index (κ1) is 20.4. The van der Waals surface area contributed by atoms with E-state index in [9.17, 15) is 10.1 Å². The third-order valence-corrected chi connectivity index (χ3v) is 4.55. The summed E-state index contributed by atoms with van der Waals surface area (Å²) in [5, 5.41) is 16.0. The van der Waals surface area contributed by atoms with Crippen LogP contribution in [0.5, 0.6) is 5.88 Å². The van der Waals surface area contributed by atoms with Crippen molar-refractivity contribution in [3.8, 4) is 5.88 Å². The van der Waals surface area contributed by atoms with Crippen molar-refractivity contribution in [1.29, 1.82) is 0 Å². The monoisotopic (exact) mass is 384 g/mol. The third kappa shape index (κ3) is 4.84. The highest BCUT2D eigenvalue weighted by atomic mass is 35.5. The number of halogens is 1. The number of non-ortho nitro benzene ring substituents is 1. The molecule has 8 nitrogen and oxygen atoms in total. The lowest BCUT2D eigenvalue weighted by Gasteiger charge is -2.26. The molecule has 0 aliphatic carbocycles. The lowest BCUT2D eigenvalue weighted by Crippen LogP contribution is -2.32. The number of hydrogen-bond donors (Lipinski definition) is 0. The minimum atomic E-state index is -0.417. The smallest absolute Gasteiger partial charge is 0.270 e. The molecule has 0 unspecified atom stereocenters. The summed E-state index contributed by atoms with van der Waals surface area (Å²) in [5.41, 5.74) is 0.838. The van der Waals surface area contributed by atoms with Crippen LogP contribution in [0.4, 0.5) is 5.69 Å². The quantitative estimate of drug-likeness (QED) is 0.395. The Bertz CT molecular complexity index is 731. The molecule has 1 aromatic heterocycles. The van der Waals surface area contributed by atoms with E-state index < -0.39 is 4.92 Å². The molecule has 1 aliphatic heterocycles. The average Bonchev–Trinajstić information content (AvgIpc) is 2.99. The summed E-state index contributed by atoms with van der Waals surface area (Å²) >= 11 is 0. The number of ether oxygens (including phenoxy) is 2. The van der Waals surface area contributed by atoms with Crippen molar-refractivity contribution in [1.82, 2.24) is 14.7 Å². The highest BCUT2D eigenvalue weighted by Crippen LogP contribution is 2.28. The highest BCUT2D eigenvalue weighted by molar-refractivity contribution is 5.86. The second-order valence-electron chi connectivity index (χ2n) is 6.21. The van der Waals surface area contributed by atoms with Crippen LogP contribution in [0.15, 0.2) is 18.2 Å². The Morgan fingerprint density at radius 3 is 2.62 bits per heavy atom. The molecular formula is C17H25ClN4O4. The molecule has 1 saturated heterocycles. The van der Waals surface area contributed by atoms with E-state index in [1.165, 1.54) is 51.6 Å². The van der Waals surface area contributed by atoms with Gasteiger partial charge in [-0.25, -0.2) is 0 Å². The Kier molecular flexibility index (Phi) is 7.62. The number of hydrogen-bond acceptors (Lipinski definition) is 6. The zero-order valence-corrected chi connectivity index (χ0v) is 15.7. The SMILES string of the molecule is COc1nn(CCOCCN2CCCCC2)c2ccc([N+](=O)[O-])cc12.Cl. The number of methoxy groups -OCH3 is 1. The minimum Gasteiger partial charge on any atom is -0.479 e. The van der Waals surface area contributed by atoms with Gasteiger partial charge in [-0.05, 0) is 32.0 Å². The first-order valence-electron chi connectivity index (χ1n) is 8.68. The molecule has 0 amide bonds. The number of piperidine rings is 1. The van der Waals surface area contributed by atoms with E-state index in [-0.39, 0.29) is 18.1 Å². The average molecular weight is 385 g/mol. The van der Waals surface area contributed by atoms with Crippen LogP contribution < -0.4 is 4.74 Å². The van der Waals surface area contributed by atoms with E-state index in [0.717, 1.165) is 12.1 Å². The van der Waals surface area contributed by atoms with Crippen molar-refractivity contribution in [3.05, 3.63) is 28.3 Å². The Balaban J connectivity index is 0.00000243. The maximum Gasteiger partial charge on any atom is 0.270 e. The maximum absolute atomic E-state index is 10.9. The Morgan fingerprint density at radius 1 is 1.19 bits per heavy atom. The van der Waals surface area contributed by atoms with Crippen molar-refractivity contribution in [2.45, 2.75) is 25.8 Å². The summed E-state index contributed by atoms with van der Waals surface area (Å²) in [6.45, 7) is 5.14. The van der Waals surface area contributed by atoms with E-state index in [0.29, 0.717) is 31.0 Å². The number of fused-ring (bicyclic) bond motifs is 1. The van der Waals surface area contributed by atoms with Gasteiger partial charge >= 0.3 is 0 Å². The number of rotatable bonds is 8. The summed E-state index contributed by atoms with van der Waals surface area (Å²) < 4.78 is 12.8. The van der Waals surface area contributed by atoms with Crippen LogP contribution in [0.2, 0.25) is 0 Å². The van der Waals surface area contributed by atoms with Gasteiger partial charge in [-0.1, -0.05) is 6.42 Å². The standard InChI is InChI=1S/C17H24N4O4.ClH/c1-24-17-15-13-14(21(22)23)5-6-16(15)20(18-17)10-12-25-11-9-19-7-3-2-4-8-19;/h5-6,13H,2-4,7-12H2,1H3;1H. The summed E-state index contributed by atoms with van der Waals surface area (Å²) in [7, 11) is 1.51. The number of aromatic nitrogens is 2. The van der Waals surface area contributed by atoms with E-state index in [4.69, 9.17) is 9.47 Å². The van der Waals surface area contributed by atoms with Crippen molar-refractivity contribution in [2.75, 3.05) is 40.0 Å². The zero-order valence-electron chi connectivity index (χ0n) is 14.9. The lowest BCUT2D eigenvalue weighted by molar-refractivity contribution is -0.384. The first-order chi connectivity index (χ1) is 12.2. The fourth-order valence-electron chi connectivity index (χ4n) is 3.20. The largest absolute Gasteiger partial charge is 0.479 e. The molecule has 2 aromatic rings. The van der Waals surface area contributed by atoms with Gasteiger partial charge in [0.05, 0.1) is 42.7 Å². The summed E-state index contributed by atoms with van der Waals surface area (Å²) in [6.07, 6.45) is 3.90. The molecule has 9 heteroatoms. The van der Waals surface area contributed by atoms with Gasteiger partial charge in [0.25, 0.3) is 5.69 Å². The van der Waals surface area contributed by atoms with Crippen molar-refractivity contribution >= 4 is 29.0 Å². The molecule has 0 spiro atoms. The molecule has 0 bridgehead atoms. The van der Waals surface area contributed by atoms with Crippen LogP contribution in [-0.4, -0.2) is 59.6 Å². The van der Waals surface area contributed by atoms with Gasteiger partial charge in [0, 0.05) is 18.7 Å². The van der Waals surface area contributed by atoms with E-state index in [1.54, 1.807) is 10.7 Å². The number of benzene rings is 1. The van der Waals surface area contributed by atoms with Crippen LogP contribution >= 0.6 is 12.4 Å². The fourth-order valence-corrected chi connectivity index (χ4v) is 3.20. The molecule has 3 rings (SSSR count). The van der Waals surface area contributed by atoms with Gasteiger partial charge in [-0.3, -0.25) is 14.8 Å². The van der Waals surface area contributed by atoms with Gasteiger partial charge in [-0.15, -0.1) is 17.5 Å². The van der Waals surface area contributed by atoms with Crippen molar-refractivity contribution in [2.24, 2.45) is 0 Å². The Morgan fingerprint density at radius 2 is 1.92 bits per heavy atom. The Labute approximate surface area is 158 Å². The zero-order chi connectivity index (χ0) is 17.6. The number of likely N-dealkylation sites (tertiary alicyclic amines) is 1. The predicted octanol–water partition coefficient (Wildman–Crippen LogP) is 2.88. The van der Waals surface area contributed by atoms with Gasteiger partial charge in [0.15, 0.2) is 0 Å². The summed E-state index contributed by atoms with van der Waals surface area (Å²) in [6, 6.07) is 4.68. The number of nitrogens with zero attached hydrogens (tertiary/aromatic N) is 4. The predicted molar refractivity (Wildman–Crippen MR) is 101 cm³/mol. The second kappa shape index (κ2) is 9.70. The summed E-state index contributed by atoms with van der Waals surface area (Å²) in [5.74, 6) is 0.395. The van der Waals surface area contributed by atoms with Gasteiger partial charge < -0.3 is 14.4 Å². The third-order valence-electron chi connectivity index (χ3n) is 4.55. The van der Waals surface area contributed by atoms with Crippen molar-refractivity contribution in [3.63, 3.8) is 0 Å². The van der Waals surface area contributed by atoms with Crippen LogP contribution in [0.3, 0.4) is 0 Å². The molecule has 1 fully saturated rings. The Hall–Kier alpha value is -1.90. The molecule has 2 heterocycles.